The molecule has 0 saturated heterocycles. The Labute approximate surface area is 191 Å². The Kier molecular flexibility index (Phi) is 8.45. The molecule has 33 heavy (non-hydrogen) atoms. The number of fused-ring (bicyclic) bond motifs is 1. The van der Waals surface area contributed by atoms with E-state index in [0.717, 1.165) is 4.57 Å². The van der Waals surface area contributed by atoms with Crippen LogP contribution in [0, 0.1) is 0 Å². The van der Waals surface area contributed by atoms with E-state index in [4.69, 9.17) is 15.0 Å². The standard InChI is InChI=1S/C19H34N5O8P/c1-6-18(3,32-33(29,30)19(4,28)7-2)8-9-31-16(12(26)10-25)24-11-21-13-14(24)22-17(20)23(5)15(13)27/h11-12,16,25-26,28H,6-10H2,1-5H3,(H2,20,22)(H,29,30)/t12-,16-,18?,19?/m1/s1. The third-order valence-corrected chi connectivity index (χ3v) is 8.14. The van der Waals surface area contributed by atoms with Crippen molar-refractivity contribution in [1.29, 1.82) is 0 Å². The fourth-order valence-electron chi connectivity index (χ4n) is 3.00. The van der Waals surface area contributed by atoms with E-state index < -0.39 is 43.0 Å². The predicted octanol–water partition coefficient (Wildman–Crippen LogP) is 0.460. The Balaban J connectivity index is 2.27. The van der Waals surface area contributed by atoms with Crippen molar-refractivity contribution in [1.82, 2.24) is 19.1 Å². The number of rotatable bonds is 12. The van der Waals surface area contributed by atoms with Crippen LogP contribution in [0.1, 0.15) is 53.2 Å². The van der Waals surface area contributed by atoms with E-state index in [2.05, 4.69) is 9.97 Å². The number of imidazole rings is 1. The number of aliphatic hydroxyl groups is 3. The van der Waals surface area contributed by atoms with Gasteiger partial charge in [0.25, 0.3) is 5.56 Å². The van der Waals surface area contributed by atoms with Gasteiger partial charge < -0.3 is 35.2 Å². The molecule has 2 heterocycles. The maximum atomic E-state index is 12.6. The van der Waals surface area contributed by atoms with E-state index in [0.29, 0.717) is 6.42 Å². The summed E-state index contributed by atoms with van der Waals surface area (Å²) in [5.41, 5.74) is 4.24. The number of aromatic nitrogens is 4. The van der Waals surface area contributed by atoms with E-state index >= 15 is 0 Å². The minimum atomic E-state index is -4.38. The molecule has 0 aliphatic carbocycles. The lowest BCUT2D eigenvalue weighted by molar-refractivity contribution is -0.107. The lowest BCUT2D eigenvalue weighted by atomic mass is 10.0. The first-order valence-electron chi connectivity index (χ1n) is 10.6. The van der Waals surface area contributed by atoms with Crippen molar-refractivity contribution in [2.45, 2.75) is 70.2 Å². The van der Waals surface area contributed by atoms with Gasteiger partial charge in [-0.3, -0.25) is 18.5 Å². The molecule has 0 fully saturated rings. The molecule has 0 saturated carbocycles. The van der Waals surface area contributed by atoms with Crippen LogP contribution in [0.3, 0.4) is 0 Å². The maximum absolute atomic E-state index is 12.6. The SMILES string of the molecule is CCC(C)(CCO[C@H]([C@H](O)CO)n1cnc2c(=O)n(C)c(N)nc21)OP(=O)(O)C(C)(O)CC. The monoisotopic (exact) mass is 491 g/mol. The van der Waals surface area contributed by atoms with Gasteiger partial charge in [-0.2, -0.15) is 4.98 Å². The lowest BCUT2D eigenvalue weighted by Crippen LogP contribution is -2.35. The summed E-state index contributed by atoms with van der Waals surface area (Å²) in [5.74, 6) is -0.0693. The van der Waals surface area contributed by atoms with Gasteiger partial charge in [0.05, 0.1) is 25.1 Å². The number of ether oxygens (including phenoxy) is 1. The molecule has 0 spiro atoms. The quantitative estimate of drug-likeness (QED) is 0.259. The number of hydrogen-bond acceptors (Lipinski definition) is 10. The zero-order chi connectivity index (χ0) is 25.2. The Morgan fingerprint density at radius 3 is 2.48 bits per heavy atom. The van der Waals surface area contributed by atoms with Crippen LogP contribution in [-0.4, -0.2) is 69.6 Å². The summed E-state index contributed by atoms with van der Waals surface area (Å²) in [6.45, 7) is 5.45. The van der Waals surface area contributed by atoms with Crippen molar-refractivity contribution in [3.8, 4) is 0 Å². The van der Waals surface area contributed by atoms with Crippen LogP contribution in [0.25, 0.3) is 11.2 Å². The second kappa shape index (κ2) is 10.2. The number of nitrogens with zero attached hydrogens (tertiary/aromatic N) is 4. The summed E-state index contributed by atoms with van der Waals surface area (Å²) in [6.07, 6.45) is -0.862. The zero-order valence-corrected chi connectivity index (χ0v) is 20.4. The molecule has 3 unspecified atom stereocenters. The molecule has 0 amide bonds. The van der Waals surface area contributed by atoms with Crippen LogP contribution in [0.15, 0.2) is 11.1 Å². The summed E-state index contributed by atoms with van der Waals surface area (Å²) in [5, 5.41) is 28.2. The molecular weight excluding hydrogens is 457 g/mol. The molecule has 14 heteroatoms. The van der Waals surface area contributed by atoms with Crippen molar-refractivity contribution in [2.75, 3.05) is 18.9 Å². The second-order valence-electron chi connectivity index (χ2n) is 8.41. The lowest BCUT2D eigenvalue weighted by Gasteiger charge is -2.36. The van der Waals surface area contributed by atoms with E-state index in [1.165, 1.54) is 24.9 Å². The van der Waals surface area contributed by atoms with Crippen molar-refractivity contribution >= 4 is 24.7 Å². The molecule has 0 aromatic carbocycles. The van der Waals surface area contributed by atoms with Crippen LogP contribution in [0.4, 0.5) is 5.95 Å². The molecule has 0 aliphatic heterocycles. The van der Waals surface area contributed by atoms with Gasteiger partial charge in [0.15, 0.2) is 22.7 Å². The Bertz CT molecular complexity index is 1070. The first-order chi connectivity index (χ1) is 15.2. The average molecular weight is 491 g/mol. The Hall–Kier alpha value is -1.86. The summed E-state index contributed by atoms with van der Waals surface area (Å²) < 4.78 is 26.3. The van der Waals surface area contributed by atoms with E-state index in [1.54, 1.807) is 20.8 Å². The van der Waals surface area contributed by atoms with Crippen LogP contribution in [-0.2, 0) is 20.9 Å². The molecule has 6 N–H and O–H groups in total. The summed E-state index contributed by atoms with van der Waals surface area (Å²) in [6, 6.07) is 0. The normalized spacial score (nSPS) is 19.5. The zero-order valence-electron chi connectivity index (χ0n) is 19.5. The molecule has 188 valence electrons. The first-order valence-corrected chi connectivity index (χ1v) is 12.2. The highest BCUT2D eigenvalue weighted by Gasteiger charge is 2.46. The topological polar surface area (TPSA) is 195 Å². The van der Waals surface area contributed by atoms with Crippen molar-refractivity contribution in [3.63, 3.8) is 0 Å². The number of aliphatic hydroxyl groups excluding tert-OH is 2. The van der Waals surface area contributed by atoms with Gasteiger partial charge in [-0.15, -0.1) is 0 Å². The molecule has 0 aliphatic rings. The highest BCUT2D eigenvalue weighted by Crippen LogP contribution is 2.58. The number of nitrogens with two attached hydrogens (primary N) is 1. The van der Waals surface area contributed by atoms with Gasteiger partial charge in [-0.1, -0.05) is 13.8 Å². The maximum Gasteiger partial charge on any atom is 0.359 e. The summed E-state index contributed by atoms with van der Waals surface area (Å²) in [4.78, 5) is 30.8. The molecule has 2 aromatic heterocycles. The molecule has 13 nitrogen and oxygen atoms in total. The second-order valence-corrected chi connectivity index (χ2v) is 10.6. The smallest absolute Gasteiger partial charge is 0.359 e. The van der Waals surface area contributed by atoms with E-state index in [1.807, 2.05) is 0 Å². The van der Waals surface area contributed by atoms with E-state index in [9.17, 15) is 29.6 Å². The van der Waals surface area contributed by atoms with Gasteiger partial charge in [-0.25, -0.2) is 4.98 Å². The molecule has 0 radical (unpaired) electrons. The van der Waals surface area contributed by atoms with Crippen LogP contribution in [0.2, 0.25) is 0 Å². The minimum absolute atomic E-state index is 0.00943. The fraction of sp³-hybridized carbons (Fsp3) is 0.737. The average Bonchev–Trinajstić information content (AvgIpc) is 3.17. The van der Waals surface area contributed by atoms with Crippen molar-refractivity contribution in [3.05, 3.63) is 16.7 Å². The third-order valence-electron chi connectivity index (χ3n) is 5.92. The molecule has 2 aromatic rings. The van der Waals surface area contributed by atoms with Crippen LogP contribution < -0.4 is 11.3 Å². The minimum Gasteiger partial charge on any atom is -0.394 e. The molecule has 0 bridgehead atoms. The largest absolute Gasteiger partial charge is 0.394 e. The van der Waals surface area contributed by atoms with Crippen molar-refractivity contribution < 1.29 is 34.0 Å². The number of hydrogen-bond donors (Lipinski definition) is 5. The van der Waals surface area contributed by atoms with Gasteiger partial charge in [-0.05, 0) is 26.7 Å². The van der Waals surface area contributed by atoms with E-state index in [-0.39, 0.29) is 36.6 Å². The van der Waals surface area contributed by atoms with Crippen molar-refractivity contribution in [2.24, 2.45) is 7.05 Å². The highest BCUT2D eigenvalue weighted by atomic mass is 31.2. The number of anilines is 1. The number of nitrogen functional groups attached to an aromatic ring is 1. The van der Waals surface area contributed by atoms with Gasteiger partial charge in [0.1, 0.15) is 6.10 Å². The molecule has 2 rings (SSSR count). The van der Waals surface area contributed by atoms with Gasteiger partial charge in [0.2, 0.25) is 5.95 Å². The van der Waals surface area contributed by atoms with Gasteiger partial charge >= 0.3 is 7.60 Å². The summed E-state index contributed by atoms with van der Waals surface area (Å²) >= 11 is 0. The molecular formula is C19H34N5O8P. The molecule has 5 atom stereocenters. The fourth-order valence-corrected chi connectivity index (χ4v) is 4.41. The Morgan fingerprint density at radius 1 is 1.30 bits per heavy atom. The third kappa shape index (κ3) is 5.62. The van der Waals surface area contributed by atoms with Crippen LogP contribution in [0.5, 0.6) is 0 Å². The highest BCUT2D eigenvalue weighted by molar-refractivity contribution is 7.54. The summed E-state index contributed by atoms with van der Waals surface area (Å²) in [7, 11) is -2.94. The Morgan fingerprint density at radius 2 is 1.94 bits per heavy atom. The first kappa shape index (κ1) is 27.4. The van der Waals surface area contributed by atoms with Crippen LogP contribution >= 0.6 is 7.60 Å². The predicted molar refractivity (Wildman–Crippen MR) is 120 cm³/mol. The van der Waals surface area contributed by atoms with Gasteiger partial charge in [0, 0.05) is 13.5 Å².